The van der Waals surface area contributed by atoms with Gasteiger partial charge in [0.05, 0.1) is 5.56 Å². The second kappa shape index (κ2) is 4.00. The topological polar surface area (TPSA) is 56.0 Å². The summed E-state index contributed by atoms with van der Waals surface area (Å²) < 4.78 is 25.0. The Hall–Kier alpha value is -1.04. The van der Waals surface area contributed by atoms with Crippen LogP contribution in [0.4, 0.5) is 8.78 Å². The number of pyridine rings is 1. The second-order valence-electron chi connectivity index (χ2n) is 2.67. The largest absolute Gasteiger partial charge is 0.366 e. The van der Waals surface area contributed by atoms with Crippen LogP contribution < -0.4 is 5.73 Å². The SMILES string of the molecule is Cc1nc(Br)c(C(N)=O)cc1C(F)F. The highest BCUT2D eigenvalue weighted by atomic mass is 79.9. The Bertz CT molecular complexity index is 382. The third-order valence-electron chi connectivity index (χ3n) is 1.71. The molecule has 0 atom stereocenters. The molecule has 0 bridgehead atoms. The van der Waals surface area contributed by atoms with Gasteiger partial charge in [-0.1, -0.05) is 0 Å². The number of carbonyl (C=O) groups is 1. The van der Waals surface area contributed by atoms with E-state index in [0.717, 1.165) is 6.07 Å². The summed E-state index contributed by atoms with van der Waals surface area (Å²) in [5.41, 5.74) is 4.85. The van der Waals surface area contributed by atoms with Crippen molar-refractivity contribution in [2.75, 3.05) is 0 Å². The smallest absolute Gasteiger partial charge is 0.265 e. The molecule has 0 unspecified atom stereocenters. The van der Waals surface area contributed by atoms with Gasteiger partial charge in [-0.3, -0.25) is 4.79 Å². The maximum absolute atomic E-state index is 12.4. The Kier molecular flexibility index (Phi) is 3.15. The van der Waals surface area contributed by atoms with E-state index >= 15 is 0 Å². The molecule has 0 aliphatic rings. The summed E-state index contributed by atoms with van der Waals surface area (Å²) in [5.74, 6) is -0.786. The number of halogens is 3. The summed E-state index contributed by atoms with van der Waals surface area (Å²) in [6, 6.07) is 1.05. The summed E-state index contributed by atoms with van der Waals surface area (Å²) >= 11 is 2.97. The molecule has 0 aliphatic heterocycles. The average Bonchev–Trinajstić information content (AvgIpc) is 2.02. The van der Waals surface area contributed by atoms with Crippen molar-refractivity contribution in [2.24, 2.45) is 5.73 Å². The molecule has 0 radical (unpaired) electrons. The van der Waals surface area contributed by atoms with Crippen molar-refractivity contribution in [1.82, 2.24) is 4.98 Å². The number of aryl methyl sites for hydroxylation is 1. The number of hydrogen-bond acceptors (Lipinski definition) is 2. The molecule has 6 heteroatoms. The number of nitrogens with zero attached hydrogens (tertiary/aromatic N) is 1. The molecule has 2 N–H and O–H groups in total. The highest BCUT2D eigenvalue weighted by molar-refractivity contribution is 9.10. The average molecular weight is 265 g/mol. The normalized spacial score (nSPS) is 10.6. The highest BCUT2D eigenvalue weighted by Crippen LogP contribution is 2.25. The summed E-state index contributed by atoms with van der Waals surface area (Å²) in [7, 11) is 0. The number of rotatable bonds is 2. The quantitative estimate of drug-likeness (QED) is 0.833. The first-order valence-corrected chi connectivity index (χ1v) is 4.47. The van der Waals surface area contributed by atoms with Crippen molar-refractivity contribution in [2.45, 2.75) is 13.3 Å². The van der Waals surface area contributed by atoms with Crippen LogP contribution in [0.15, 0.2) is 10.7 Å². The lowest BCUT2D eigenvalue weighted by atomic mass is 10.1. The molecular formula is C8H7BrF2N2O. The molecule has 0 spiro atoms. The van der Waals surface area contributed by atoms with Crippen LogP contribution in [-0.2, 0) is 0 Å². The summed E-state index contributed by atoms with van der Waals surface area (Å²) in [4.78, 5) is 14.6. The third-order valence-corrected chi connectivity index (χ3v) is 2.31. The Morgan fingerprint density at radius 2 is 2.21 bits per heavy atom. The molecule has 76 valence electrons. The molecule has 1 amide bonds. The van der Waals surface area contributed by atoms with Crippen LogP contribution in [0, 0.1) is 6.92 Å². The molecule has 0 saturated heterocycles. The summed E-state index contributed by atoms with van der Waals surface area (Å²) in [6.45, 7) is 1.44. The summed E-state index contributed by atoms with van der Waals surface area (Å²) in [6.07, 6.45) is -2.66. The maximum atomic E-state index is 12.4. The van der Waals surface area contributed by atoms with E-state index in [1.807, 2.05) is 0 Å². The zero-order valence-electron chi connectivity index (χ0n) is 7.22. The van der Waals surface area contributed by atoms with Crippen molar-refractivity contribution in [3.8, 4) is 0 Å². The fourth-order valence-corrected chi connectivity index (χ4v) is 1.56. The van der Waals surface area contributed by atoms with Gasteiger partial charge >= 0.3 is 0 Å². The number of hydrogen-bond donors (Lipinski definition) is 1. The van der Waals surface area contributed by atoms with Crippen LogP contribution >= 0.6 is 15.9 Å². The molecule has 0 fully saturated rings. The second-order valence-corrected chi connectivity index (χ2v) is 3.42. The van der Waals surface area contributed by atoms with Gasteiger partial charge in [-0.15, -0.1) is 0 Å². The van der Waals surface area contributed by atoms with Gasteiger partial charge in [0, 0.05) is 11.3 Å². The van der Waals surface area contributed by atoms with E-state index in [9.17, 15) is 13.6 Å². The van der Waals surface area contributed by atoms with E-state index in [-0.39, 0.29) is 21.4 Å². The van der Waals surface area contributed by atoms with E-state index in [2.05, 4.69) is 20.9 Å². The molecule has 1 aromatic rings. The molecule has 14 heavy (non-hydrogen) atoms. The molecule has 1 heterocycles. The number of carbonyl (C=O) groups excluding carboxylic acids is 1. The minimum atomic E-state index is -2.66. The molecule has 0 saturated carbocycles. The molecule has 1 rings (SSSR count). The van der Waals surface area contributed by atoms with Crippen molar-refractivity contribution in [3.63, 3.8) is 0 Å². The zero-order chi connectivity index (χ0) is 10.9. The lowest BCUT2D eigenvalue weighted by molar-refractivity contribution is 0.0998. The molecule has 0 aromatic carbocycles. The molecular weight excluding hydrogens is 258 g/mol. The predicted octanol–water partition coefficient (Wildman–Crippen LogP) is 2.19. The Morgan fingerprint density at radius 1 is 1.64 bits per heavy atom. The Labute approximate surface area is 87.4 Å². The fourth-order valence-electron chi connectivity index (χ4n) is 0.985. The van der Waals surface area contributed by atoms with Crippen molar-refractivity contribution >= 4 is 21.8 Å². The van der Waals surface area contributed by atoms with Crippen molar-refractivity contribution in [1.29, 1.82) is 0 Å². The lowest BCUT2D eigenvalue weighted by Gasteiger charge is -2.07. The molecule has 0 aliphatic carbocycles. The first-order valence-electron chi connectivity index (χ1n) is 3.68. The van der Waals surface area contributed by atoms with Crippen molar-refractivity contribution in [3.05, 3.63) is 27.5 Å². The van der Waals surface area contributed by atoms with E-state index in [1.54, 1.807) is 0 Å². The van der Waals surface area contributed by atoms with Crippen LogP contribution in [-0.4, -0.2) is 10.9 Å². The highest BCUT2D eigenvalue weighted by Gasteiger charge is 2.17. The van der Waals surface area contributed by atoms with Gasteiger partial charge in [-0.2, -0.15) is 0 Å². The Balaban J connectivity index is 3.34. The van der Waals surface area contributed by atoms with Gasteiger partial charge in [0.15, 0.2) is 0 Å². The number of primary amides is 1. The van der Waals surface area contributed by atoms with E-state index in [0.29, 0.717) is 0 Å². The number of amides is 1. The minimum absolute atomic E-state index is 0.0362. The maximum Gasteiger partial charge on any atom is 0.265 e. The van der Waals surface area contributed by atoms with E-state index < -0.39 is 12.3 Å². The first-order chi connectivity index (χ1) is 6.43. The molecule has 1 aromatic heterocycles. The van der Waals surface area contributed by atoms with Gasteiger partial charge in [-0.25, -0.2) is 13.8 Å². The van der Waals surface area contributed by atoms with Gasteiger partial charge in [0.2, 0.25) is 0 Å². The van der Waals surface area contributed by atoms with Crippen LogP contribution in [0.2, 0.25) is 0 Å². The Morgan fingerprint density at radius 3 is 2.64 bits per heavy atom. The standard InChI is InChI=1S/C8H7BrF2N2O/c1-3-4(7(10)11)2-5(8(12)14)6(9)13-3/h2,7H,1H3,(H2,12,14). The monoisotopic (exact) mass is 264 g/mol. The molecule has 3 nitrogen and oxygen atoms in total. The number of nitrogens with two attached hydrogens (primary N) is 1. The third kappa shape index (κ3) is 2.06. The van der Waals surface area contributed by atoms with Crippen LogP contribution in [0.1, 0.15) is 28.0 Å². The first kappa shape index (κ1) is 11.0. The van der Waals surface area contributed by atoms with Gasteiger partial charge < -0.3 is 5.73 Å². The van der Waals surface area contributed by atoms with Crippen LogP contribution in [0.5, 0.6) is 0 Å². The van der Waals surface area contributed by atoms with Gasteiger partial charge in [-0.05, 0) is 28.9 Å². The van der Waals surface area contributed by atoms with Crippen LogP contribution in [0.25, 0.3) is 0 Å². The van der Waals surface area contributed by atoms with Crippen LogP contribution in [0.3, 0.4) is 0 Å². The summed E-state index contributed by atoms with van der Waals surface area (Å²) in [5, 5.41) is 0. The van der Waals surface area contributed by atoms with Crippen molar-refractivity contribution < 1.29 is 13.6 Å². The number of aromatic nitrogens is 1. The van der Waals surface area contributed by atoms with E-state index in [1.165, 1.54) is 6.92 Å². The number of alkyl halides is 2. The minimum Gasteiger partial charge on any atom is -0.366 e. The zero-order valence-corrected chi connectivity index (χ0v) is 8.81. The van der Waals surface area contributed by atoms with E-state index in [4.69, 9.17) is 5.73 Å². The predicted molar refractivity (Wildman–Crippen MR) is 50.1 cm³/mol. The van der Waals surface area contributed by atoms with Gasteiger partial charge in [0.1, 0.15) is 4.60 Å². The van der Waals surface area contributed by atoms with Gasteiger partial charge in [0.25, 0.3) is 12.3 Å². The lowest BCUT2D eigenvalue weighted by Crippen LogP contribution is -2.13. The fraction of sp³-hybridized carbons (Fsp3) is 0.250.